The average Bonchev–Trinajstić information content (AvgIpc) is 2.73. The van der Waals surface area contributed by atoms with Crippen LogP contribution in [0.4, 0.5) is 0 Å². The molecule has 1 unspecified atom stereocenters. The highest BCUT2D eigenvalue weighted by Crippen LogP contribution is 2.38. The topological polar surface area (TPSA) is 72.4 Å². The van der Waals surface area contributed by atoms with Crippen LogP contribution < -0.4 is 9.79 Å². The second-order valence-corrected chi connectivity index (χ2v) is 13.7. The van der Waals surface area contributed by atoms with Gasteiger partial charge in [0.25, 0.3) is 0 Å². The van der Waals surface area contributed by atoms with Crippen molar-refractivity contribution >= 4 is 19.4 Å². The summed E-state index contributed by atoms with van der Waals surface area (Å²) in [4.78, 5) is 23.5. The fourth-order valence-corrected chi connectivity index (χ4v) is 6.13. The van der Waals surface area contributed by atoms with Gasteiger partial charge in [-0.15, -0.1) is 0 Å². The second-order valence-electron chi connectivity index (χ2n) is 10.8. The molecule has 5 nitrogen and oxygen atoms in total. The van der Waals surface area contributed by atoms with Gasteiger partial charge in [-0.1, -0.05) is 98.0 Å². The van der Waals surface area contributed by atoms with Crippen molar-refractivity contribution in [3.8, 4) is 0 Å². The van der Waals surface area contributed by atoms with Crippen LogP contribution in [0.3, 0.4) is 0 Å². The van der Waals surface area contributed by atoms with Crippen LogP contribution in [0.2, 0.25) is 0 Å². The minimum absolute atomic E-state index is 0.171. The van der Waals surface area contributed by atoms with E-state index in [9.17, 15) is 14.4 Å². The quantitative estimate of drug-likeness (QED) is 0.0910. The van der Waals surface area contributed by atoms with Gasteiger partial charge in [0.05, 0.1) is 33.8 Å². The Morgan fingerprint density at radius 3 is 1.67 bits per heavy atom. The predicted molar refractivity (Wildman–Crippen MR) is 142 cm³/mol. The van der Waals surface area contributed by atoms with Crippen molar-refractivity contribution in [1.29, 1.82) is 0 Å². The Kier molecular flexibility index (Phi) is 20.9. The molecule has 200 valence electrons. The molecule has 2 atom stereocenters. The average molecular weight is 509 g/mol. The summed E-state index contributed by atoms with van der Waals surface area (Å²) in [6, 6.07) is 0. The summed E-state index contributed by atoms with van der Waals surface area (Å²) in [6.07, 6.45) is 19.6. The third kappa shape index (κ3) is 22.6. The fraction of sp³-hybridized carbons (Fsp3) is 1.00. The molecule has 0 fully saturated rings. The largest absolute Gasteiger partial charge is 0.811 e. The van der Waals surface area contributed by atoms with Gasteiger partial charge >= 0.3 is 0 Å². The maximum absolute atomic E-state index is 11.7. The Morgan fingerprint density at radius 2 is 1.27 bits per heavy atom. The predicted octanol–water partition coefficient (Wildman–Crippen LogP) is 5.98. The third-order valence-corrected chi connectivity index (χ3v) is 8.94. The van der Waals surface area contributed by atoms with E-state index in [1.807, 2.05) is 32.9 Å². The summed E-state index contributed by atoms with van der Waals surface area (Å²) in [5.41, 5.74) is -0.832. The summed E-state index contributed by atoms with van der Waals surface area (Å²) in [6.45, 7) is 2.94. The van der Waals surface area contributed by atoms with Gasteiger partial charge in [0.15, 0.2) is 0 Å². The molecule has 0 aliphatic heterocycles. The van der Waals surface area contributed by atoms with Gasteiger partial charge in [-0.05, 0) is 24.3 Å². The minimum Gasteiger partial charge on any atom is -0.811 e. The second kappa shape index (κ2) is 20.6. The first-order valence-electron chi connectivity index (χ1n) is 13.5. The molecular weight excluding hydrogens is 453 g/mol. The number of ether oxygens (including phenoxy) is 1. The molecule has 0 aliphatic carbocycles. The molecule has 0 radical (unpaired) electrons. The Balaban J connectivity index is 3.73. The lowest BCUT2D eigenvalue weighted by Crippen LogP contribution is -2.39. The molecule has 0 N–H and O–H groups in total. The zero-order chi connectivity index (χ0) is 25.0. The molecule has 0 spiro atoms. The summed E-state index contributed by atoms with van der Waals surface area (Å²) < 4.78 is 17.9. The minimum atomic E-state index is -4.60. The molecule has 0 aromatic carbocycles. The van der Waals surface area contributed by atoms with E-state index in [1.165, 1.54) is 89.9 Å². The Hall–Kier alpha value is 0.420. The van der Waals surface area contributed by atoms with Gasteiger partial charge in [0.2, 0.25) is 0 Å². The summed E-state index contributed by atoms with van der Waals surface area (Å²) in [5.74, 6) is 1.84. The van der Waals surface area contributed by atoms with Gasteiger partial charge in [0.1, 0.15) is 0 Å². The van der Waals surface area contributed by atoms with Crippen molar-refractivity contribution in [2.75, 3.05) is 46.3 Å². The van der Waals surface area contributed by atoms with E-state index >= 15 is 0 Å². The molecule has 0 rings (SSSR count). The van der Waals surface area contributed by atoms with Gasteiger partial charge < -0.3 is 23.6 Å². The molecule has 0 bridgehead atoms. The van der Waals surface area contributed by atoms with Crippen LogP contribution in [-0.2, 0) is 9.30 Å². The van der Waals surface area contributed by atoms with Crippen LogP contribution in [0.1, 0.15) is 110 Å². The van der Waals surface area contributed by atoms with Crippen molar-refractivity contribution < 1.29 is 23.6 Å². The normalized spacial score (nSPS) is 14.5. The Labute approximate surface area is 210 Å². The van der Waals surface area contributed by atoms with Crippen molar-refractivity contribution in [3.05, 3.63) is 0 Å². The number of unbranched alkanes of at least 4 members (excludes halogenated alkanes) is 13. The first-order valence-corrected chi connectivity index (χ1v) is 16.3. The highest BCUT2D eigenvalue weighted by molar-refractivity contribution is 7.99. The number of thioether (sulfide) groups is 1. The Morgan fingerprint density at radius 1 is 0.818 bits per heavy atom. The molecule has 0 aliphatic rings. The van der Waals surface area contributed by atoms with E-state index in [0.717, 1.165) is 11.5 Å². The van der Waals surface area contributed by atoms with E-state index < -0.39 is 13.3 Å². The van der Waals surface area contributed by atoms with E-state index in [2.05, 4.69) is 6.92 Å². The molecule has 7 heteroatoms. The molecule has 0 aromatic heterocycles. The molecule has 0 amide bonds. The lowest BCUT2D eigenvalue weighted by molar-refractivity contribution is -0.870. The zero-order valence-electron chi connectivity index (χ0n) is 22.5. The first-order chi connectivity index (χ1) is 15.6. The monoisotopic (exact) mass is 508 g/mol. The summed E-state index contributed by atoms with van der Waals surface area (Å²) in [7, 11) is 3.05. The van der Waals surface area contributed by atoms with Crippen LogP contribution in [0, 0.1) is 0 Å². The number of methoxy groups -OCH3 is 1. The van der Waals surface area contributed by atoms with E-state index in [1.54, 1.807) is 7.11 Å². The summed E-state index contributed by atoms with van der Waals surface area (Å²) >= 11 is 1.82. The maximum Gasteiger partial charge on any atom is 0.0786 e. The van der Waals surface area contributed by atoms with E-state index in [-0.39, 0.29) is 6.10 Å². The van der Waals surface area contributed by atoms with Crippen molar-refractivity contribution in [1.82, 2.24) is 0 Å². The standard InChI is InChI=1S/C26H56NO4PS/c1-6-7-8-9-10-11-12-13-14-15-16-17-18-19-22-33-24-25(31-5)23-26(32(28,29)30)20-21-27(2,3)4/h25-26H,6-24H2,1-5H3,(H-,28,29,30)/p-1/t25-,26?/m0/s1. The molecule has 0 aromatic rings. The van der Waals surface area contributed by atoms with Crippen LogP contribution >= 0.6 is 19.4 Å². The number of quaternary nitrogens is 1. The number of rotatable bonds is 24. The van der Waals surface area contributed by atoms with Gasteiger partial charge in [-0.25, -0.2) is 0 Å². The molecular formula is C26H55NO4PS-. The SMILES string of the molecule is CCCCCCCCCCCCCCCCSC[C@H](CC(CC[N+](C)(C)C)P(=O)([O-])[O-])OC. The van der Waals surface area contributed by atoms with Crippen molar-refractivity contribution in [2.24, 2.45) is 0 Å². The van der Waals surface area contributed by atoms with Crippen LogP contribution in [0.5, 0.6) is 0 Å². The van der Waals surface area contributed by atoms with E-state index in [0.29, 0.717) is 23.9 Å². The highest BCUT2D eigenvalue weighted by atomic mass is 32.2. The molecule has 0 saturated carbocycles. The lowest BCUT2D eigenvalue weighted by Gasteiger charge is -2.41. The first kappa shape index (κ1) is 33.4. The van der Waals surface area contributed by atoms with E-state index in [4.69, 9.17) is 4.74 Å². The maximum atomic E-state index is 11.7. The summed E-state index contributed by atoms with van der Waals surface area (Å²) in [5, 5.41) is 0. The van der Waals surface area contributed by atoms with Crippen molar-refractivity contribution in [3.63, 3.8) is 0 Å². The number of hydrogen-bond acceptors (Lipinski definition) is 5. The molecule has 0 saturated heterocycles. The van der Waals surface area contributed by atoms with Gasteiger partial charge in [-0.2, -0.15) is 11.8 Å². The van der Waals surface area contributed by atoms with Crippen molar-refractivity contribution in [2.45, 2.75) is 121 Å². The zero-order valence-corrected chi connectivity index (χ0v) is 24.2. The van der Waals surface area contributed by atoms with Crippen LogP contribution in [0.15, 0.2) is 0 Å². The van der Waals surface area contributed by atoms with Crippen LogP contribution in [-0.4, -0.2) is 62.5 Å². The lowest BCUT2D eigenvalue weighted by atomic mass is 10.0. The van der Waals surface area contributed by atoms with Gasteiger partial charge in [0, 0.05) is 19.3 Å². The smallest absolute Gasteiger partial charge is 0.0786 e. The molecule has 33 heavy (non-hydrogen) atoms. The fourth-order valence-electron chi connectivity index (χ4n) is 4.09. The third-order valence-electron chi connectivity index (χ3n) is 6.39. The highest BCUT2D eigenvalue weighted by Gasteiger charge is 2.22. The van der Waals surface area contributed by atoms with Gasteiger partial charge in [-0.3, -0.25) is 0 Å². The Bertz CT molecular complexity index is 481. The molecule has 0 heterocycles. The number of hydrogen-bond donors (Lipinski definition) is 0. The van der Waals surface area contributed by atoms with Crippen LogP contribution in [0.25, 0.3) is 0 Å². The number of nitrogens with zero attached hydrogens (tertiary/aromatic N) is 1.